The number of ether oxygens (including phenoxy) is 2. The second kappa shape index (κ2) is 13.5. The molecule has 0 aliphatic carbocycles. The maximum Gasteiger partial charge on any atom is 0.408 e. The van der Waals surface area contributed by atoms with Crippen LogP contribution in [0.2, 0.25) is 0 Å². The molecule has 35 heavy (non-hydrogen) atoms. The first kappa shape index (κ1) is 29.7. The lowest BCUT2D eigenvalue weighted by Gasteiger charge is -2.35. The van der Waals surface area contributed by atoms with E-state index in [1.54, 1.807) is 39.0 Å². The van der Waals surface area contributed by atoms with Crippen molar-refractivity contribution in [2.45, 2.75) is 65.6 Å². The van der Waals surface area contributed by atoms with Crippen LogP contribution in [0, 0.1) is 12.8 Å². The van der Waals surface area contributed by atoms with Crippen molar-refractivity contribution in [2.24, 2.45) is 5.92 Å². The van der Waals surface area contributed by atoms with Crippen LogP contribution in [0.25, 0.3) is 0 Å². The number of rotatable bonds is 11. The van der Waals surface area contributed by atoms with Crippen molar-refractivity contribution in [3.05, 3.63) is 48.0 Å². The quantitative estimate of drug-likeness (QED) is 0.364. The molecular formula is C26H39N3O6. The van der Waals surface area contributed by atoms with Gasteiger partial charge in [-0.2, -0.15) is 0 Å². The van der Waals surface area contributed by atoms with Crippen LogP contribution in [0.15, 0.2) is 36.9 Å². The van der Waals surface area contributed by atoms with E-state index in [9.17, 15) is 19.2 Å². The van der Waals surface area contributed by atoms with Crippen molar-refractivity contribution in [1.82, 2.24) is 15.5 Å². The zero-order valence-electron chi connectivity index (χ0n) is 21.8. The van der Waals surface area contributed by atoms with E-state index < -0.39 is 41.6 Å². The SMILES string of the molecule is C=CCN(C(=O)C(NC(=O)OC(C)(C)C)C(C)CC)C(C(=O)NCC(=O)OC)c1cccc(C)c1. The van der Waals surface area contributed by atoms with Crippen LogP contribution in [0.3, 0.4) is 0 Å². The highest BCUT2D eigenvalue weighted by atomic mass is 16.6. The van der Waals surface area contributed by atoms with E-state index in [0.717, 1.165) is 5.56 Å². The van der Waals surface area contributed by atoms with Crippen LogP contribution < -0.4 is 10.6 Å². The van der Waals surface area contributed by atoms with E-state index in [4.69, 9.17) is 4.74 Å². The first-order chi connectivity index (χ1) is 16.3. The van der Waals surface area contributed by atoms with Crippen molar-refractivity contribution in [1.29, 1.82) is 0 Å². The fraction of sp³-hybridized carbons (Fsp3) is 0.538. The van der Waals surface area contributed by atoms with Gasteiger partial charge in [-0.25, -0.2) is 4.79 Å². The Kier molecular flexibility index (Phi) is 11.5. The van der Waals surface area contributed by atoms with E-state index in [1.807, 2.05) is 26.8 Å². The van der Waals surface area contributed by atoms with Crippen LogP contribution in [0.1, 0.15) is 58.2 Å². The molecule has 0 saturated carbocycles. The molecule has 0 heterocycles. The summed E-state index contributed by atoms with van der Waals surface area (Å²) in [6.45, 7) is 14.2. The third-order valence-corrected chi connectivity index (χ3v) is 5.31. The Labute approximate surface area is 208 Å². The number of carbonyl (C=O) groups excluding carboxylic acids is 4. The molecule has 0 bridgehead atoms. The van der Waals surface area contributed by atoms with Gasteiger partial charge in [-0.1, -0.05) is 56.2 Å². The van der Waals surface area contributed by atoms with Crippen molar-refractivity contribution in [3.63, 3.8) is 0 Å². The minimum Gasteiger partial charge on any atom is -0.468 e. The van der Waals surface area contributed by atoms with Crippen LogP contribution in [-0.4, -0.2) is 60.6 Å². The summed E-state index contributed by atoms with van der Waals surface area (Å²) < 4.78 is 9.98. The maximum atomic E-state index is 13.9. The molecule has 0 radical (unpaired) electrons. The van der Waals surface area contributed by atoms with E-state index >= 15 is 0 Å². The normalized spacial score (nSPS) is 13.6. The number of aryl methyl sites for hydroxylation is 1. The highest BCUT2D eigenvalue weighted by molar-refractivity contribution is 5.93. The highest BCUT2D eigenvalue weighted by Gasteiger charge is 2.37. The lowest BCUT2D eigenvalue weighted by Crippen LogP contribution is -2.55. The minimum absolute atomic E-state index is 0.0337. The van der Waals surface area contributed by atoms with Gasteiger partial charge in [0.15, 0.2) is 0 Å². The number of nitrogens with one attached hydrogen (secondary N) is 2. The van der Waals surface area contributed by atoms with Crippen LogP contribution in [0.4, 0.5) is 4.79 Å². The second-order valence-corrected chi connectivity index (χ2v) is 9.40. The lowest BCUT2D eigenvalue weighted by molar-refractivity contribution is -0.144. The summed E-state index contributed by atoms with van der Waals surface area (Å²) >= 11 is 0. The number of amides is 3. The number of nitrogens with zero attached hydrogens (tertiary/aromatic N) is 1. The van der Waals surface area contributed by atoms with E-state index in [-0.39, 0.29) is 19.0 Å². The van der Waals surface area contributed by atoms with Gasteiger partial charge in [0.05, 0.1) is 7.11 Å². The van der Waals surface area contributed by atoms with Gasteiger partial charge >= 0.3 is 12.1 Å². The maximum absolute atomic E-state index is 13.9. The lowest BCUT2D eigenvalue weighted by atomic mass is 9.95. The Morgan fingerprint density at radius 2 is 1.86 bits per heavy atom. The Hall–Kier alpha value is -3.36. The Morgan fingerprint density at radius 3 is 2.37 bits per heavy atom. The summed E-state index contributed by atoms with van der Waals surface area (Å²) in [7, 11) is 1.22. The van der Waals surface area contributed by atoms with Gasteiger partial charge < -0.3 is 25.0 Å². The molecule has 3 unspecified atom stereocenters. The summed E-state index contributed by atoms with van der Waals surface area (Å²) in [4.78, 5) is 52.7. The van der Waals surface area contributed by atoms with Gasteiger partial charge in [-0.05, 0) is 39.2 Å². The predicted octanol–water partition coefficient (Wildman–Crippen LogP) is 3.28. The van der Waals surface area contributed by atoms with Crippen LogP contribution >= 0.6 is 0 Å². The van der Waals surface area contributed by atoms with Gasteiger partial charge in [-0.3, -0.25) is 14.4 Å². The first-order valence-electron chi connectivity index (χ1n) is 11.7. The monoisotopic (exact) mass is 489 g/mol. The standard InChI is InChI=1S/C26H39N3O6/c1-9-14-29(24(32)21(18(4)10-2)28-25(33)35-26(5,6)7)22(19-13-11-12-17(3)15-19)23(31)27-16-20(30)34-8/h9,11-13,15,18,21-22H,1,10,14,16H2,2-8H3,(H,27,31)(H,28,33). The van der Waals surface area contributed by atoms with Gasteiger partial charge in [-0.15, -0.1) is 6.58 Å². The molecule has 0 aliphatic rings. The molecule has 1 rings (SSSR count). The number of benzene rings is 1. The largest absolute Gasteiger partial charge is 0.468 e. The number of esters is 1. The van der Waals surface area contributed by atoms with E-state index in [0.29, 0.717) is 12.0 Å². The van der Waals surface area contributed by atoms with Crippen molar-refractivity contribution in [2.75, 3.05) is 20.2 Å². The highest BCUT2D eigenvalue weighted by Crippen LogP contribution is 2.25. The summed E-state index contributed by atoms with van der Waals surface area (Å²) in [6, 6.07) is 5.17. The molecule has 1 aromatic rings. The molecule has 3 amide bonds. The summed E-state index contributed by atoms with van der Waals surface area (Å²) in [6.07, 6.45) is 1.38. The molecule has 3 atom stereocenters. The molecule has 0 aliphatic heterocycles. The Morgan fingerprint density at radius 1 is 1.20 bits per heavy atom. The minimum atomic E-state index is -1.07. The Balaban J connectivity index is 3.45. The topological polar surface area (TPSA) is 114 Å². The molecule has 0 spiro atoms. The third-order valence-electron chi connectivity index (χ3n) is 5.31. The van der Waals surface area contributed by atoms with E-state index in [2.05, 4.69) is 21.9 Å². The zero-order chi connectivity index (χ0) is 26.8. The third kappa shape index (κ3) is 9.42. The number of carbonyl (C=O) groups is 4. The average molecular weight is 490 g/mol. The van der Waals surface area contributed by atoms with Crippen molar-refractivity contribution in [3.8, 4) is 0 Å². The van der Waals surface area contributed by atoms with Gasteiger partial charge in [0, 0.05) is 6.54 Å². The fourth-order valence-corrected chi connectivity index (χ4v) is 3.40. The molecule has 2 N–H and O–H groups in total. The molecule has 0 saturated heterocycles. The summed E-state index contributed by atoms with van der Waals surface area (Å²) in [5, 5.41) is 5.23. The summed E-state index contributed by atoms with van der Waals surface area (Å²) in [5.74, 6) is -1.90. The summed E-state index contributed by atoms with van der Waals surface area (Å²) in [5.41, 5.74) is 0.707. The van der Waals surface area contributed by atoms with Gasteiger partial charge in [0.2, 0.25) is 11.8 Å². The number of methoxy groups -OCH3 is 1. The number of hydrogen-bond acceptors (Lipinski definition) is 6. The smallest absolute Gasteiger partial charge is 0.408 e. The molecule has 0 aromatic heterocycles. The molecule has 9 heteroatoms. The first-order valence-corrected chi connectivity index (χ1v) is 11.7. The number of hydrogen-bond donors (Lipinski definition) is 2. The molecule has 1 aromatic carbocycles. The van der Waals surface area contributed by atoms with Crippen LogP contribution in [-0.2, 0) is 23.9 Å². The Bertz CT molecular complexity index is 909. The van der Waals surface area contributed by atoms with Crippen molar-refractivity contribution < 1.29 is 28.7 Å². The zero-order valence-corrected chi connectivity index (χ0v) is 21.8. The molecular weight excluding hydrogens is 450 g/mol. The van der Waals surface area contributed by atoms with Crippen LogP contribution in [0.5, 0.6) is 0 Å². The number of alkyl carbamates (subject to hydrolysis) is 1. The second-order valence-electron chi connectivity index (χ2n) is 9.40. The average Bonchev–Trinajstić information content (AvgIpc) is 2.78. The molecule has 194 valence electrons. The molecule has 0 fully saturated rings. The van der Waals surface area contributed by atoms with E-state index in [1.165, 1.54) is 18.1 Å². The fourth-order valence-electron chi connectivity index (χ4n) is 3.40. The van der Waals surface area contributed by atoms with Gasteiger partial charge in [0.25, 0.3) is 0 Å². The van der Waals surface area contributed by atoms with Gasteiger partial charge in [0.1, 0.15) is 24.2 Å². The molecule has 9 nitrogen and oxygen atoms in total. The predicted molar refractivity (Wildman–Crippen MR) is 133 cm³/mol. The van der Waals surface area contributed by atoms with Crippen molar-refractivity contribution >= 4 is 23.9 Å².